The van der Waals surface area contributed by atoms with Crippen molar-refractivity contribution in [2.24, 2.45) is 0 Å². The molecule has 5 heteroatoms. The lowest BCUT2D eigenvalue weighted by atomic mass is 9.98. The third-order valence-electron chi connectivity index (χ3n) is 4.71. The summed E-state index contributed by atoms with van der Waals surface area (Å²) >= 11 is 0. The smallest absolute Gasteiger partial charge is 0.246 e. The standard InChI is InChI=1S/C21H25N3O2/c1-14-6-11-20-17(13-14)5-4-12-24(20)15(2)21(26)23-19-9-7-18(8-10-19)22-16(3)25/h6-11,13,15H,4-5,12H2,1-3H3,(H,22,25)(H,23,26)/t15-/m1/s1. The van der Waals surface area contributed by atoms with Gasteiger partial charge in [0.2, 0.25) is 11.8 Å². The first kappa shape index (κ1) is 18.0. The Morgan fingerprint density at radius 2 is 1.69 bits per heavy atom. The van der Waals surface area contributed by atoms with Crippen LogP contribution in [0.15, 0.2) is 42.5 Å². The van der Waals surface area contributed by atoms with Crippen molar-refractivity contribution in [1.82, 2.24) is 0 Å². The summed E-state index contributed by atoms with van der Waals surface area (Å²) < 4.78 is 0. The molecule has 1 atom stereocenters. The molecule has 0 aliphatic carbocycles. The van der Waals surface area contributed by atoms with E-state index >= 15 is 0 Å². The lowest BCUT2D eigenvalue weighted by Gasteiger charge is -2.35. The highest BCUT2D eigenvalue weighted by atomic mass is 16.2. The molecule has 2 aromatic carbocycles. The molecule has 0 saturated heterocycles. The first-order chi connectivity index (χ1) is 12.4. The Balaban J connectivity index is 1.70. The van der Waals surface area contributed by atoms with E-state index in [1.165, 1.54) is 18.1 Å². The Hall–Kier alpha value is -2.82. The monoisotopic (exact) mass is 351 g/mol. The zero-order chi connectivity index (χ0) is 18.7. The van der Waals surface area contributed by atoms with Crippen LogP contribution in [0.3, 0.4) is 0 Å². The first-order valence-corrected chi connectivity index (χ1v) is 8.99. The van der Waals surface area contributed by atoms with Gasteiger partial charge in [0.05, 0.1) is 0 Å². The van der Waals surface area contributed by atoms with Crippen molar-refractivity contribution in [3.8, 4) is 0 Å². The second-order valence-electron chi connectivity index (χ2n) is 6.85. The molecule has 0 spiro atoms. The highest BCUT2D eigenvalue weighted by Gasteiger charge is 2.26. The Morgan fingerprint density at radius 3 is 2.35 bits per heavy atom. The molecule has 26 heavy (non-hydrogen) atoms. The molecule has 1 heterocycles. The summed E-state index contributed by atoms with van der Waals surface area (Å²) in [6.07, 6.45) is 2.12. The summed E-state index contributed by atoms with van der Waals surface area (Å²) in [6.45, 7) is 6.39. The molecule has 1 aliphatic heterocycles. The number of benzene rings is 2. The van der Waals surface area contributed by atoms with Crippen molar-refractivity contribution in [2.45, 2.75) is 39.7 Å². The van der Waals surface area contributed by atoms with Gasteiger partial charge in [-0.25, -0.2) is 0 Å². The number of hydrogen-bond donors (Lipinski definition) is 2. The number of fused-ring (bicyclic) bond motifs is 1. The van der Waals surface area contributed by atoms with Gasteiger partial charge in [-0.3, -0.25) is 9.59 Å². The molecule has 2 aromatic rings. The van der Waals surface area contributed by atoms with Crippen LogP contribution in [0.1, 0.15) is 31.4 Å². The molecule has 0 radical (unpaired) electrons. The van der Waals surface area contributed by atoms with Crippen molar-refractivity contribution < 1.29 is 9.59 Å². The summed E-state index contributed by atoms with van der Waals surface area (Å²) in [5, 5.41) is 5.68. The summed E-state index contributed by atoms with van der Waals surface area (Å²) in [4.78, 5) is 26.0. The molecule has 2 N–H and O–H groups in total. The van der Waals surface area contributed by atoms with Gasteiger partial charge in [0.1, 0.15) is 6.04 Å². The summed E-state index contributed by atoms with van der Waals surface area (Å²) in [7, 11) is 0. The molecular formula is C21H25N3O2. The third-order valence-corrected chi connectivity index (χ3v) is 4.71. The topological polar surface area (TPSA) is 61.4 Å². The normalized spacial score (nSPS) is 14.3. The van der Waals surface area contributed by atoms with Gasteiger partial charge in [-0.2, -0.15) is 0 Å². The Kier molecular flexibility index (Phi) is 5.26. The Morgan fingerprint density at radius 1 is 1.04 bits per heavy atom. The largest absolute Gasteiger partial charge is 0.360 e. The first-order valence-electron chi connectivity index (χ1n) is 8.99. The van der Waals surface area contributed by atoms with Crippen molar-refractivity contribution in [3.63, 3.8) is 0 Å². The zero-order valence-electron chi connectivity index (χ0n) is 15.5. The number of anilines is 3. The molecule has 1 aliphatic rings. The average Bonchev–Trinajstić information content (AvgIpc) is 2.61. The van der Waals surface area contributed by atoms with Crippen LogP contribution >= 0.6 is 0 Å². The highest BCUT2D eigenvalue weighted by Crippen LogP contribution is 2.29. The minimum absolute atomic E-state index is 0.0364. The van der Waals surface area contributed by atoms with Gasteiger partial charge in [0, 0.05) is 30.5 Å². The highest BCUT2D eigenvalue weighted by molar-refractivity contribution is 5.97. The second-order valence-corrected chi connectivity index (χ2v) is 6.85. The minimum atomic E-state index is -0.258. The van der Waals surface area contributed by atoms with E-state index in [1.54, 1.807) is 24.3 Å². The quantitative estimate of drug-likeness (QED) is 0.882. The maximum Gasteiger partial charge on any atom is 0.246 e. The van der Waals surface area contributed by atoms with Crippen LogP contribution in [0.25, 0.3) is 0 Å². The van der Waals surface area contributed by atoms with Gasteiger partial charge < -0.3 is 15.5 Å². The van der Waals surface area contributed by atoms with Crippen LogP contribution in [0.5, 0.6) is 0 Å². The maximum atomic E-state index is 12.7. The molecule has 0 unspecified atom stereocenters. The molecule has 136 valence electrons. The number of nitrogens with one attached hydrogen (secondary N) is 2. The van der Waals surface area contributed by atoms with E-state index in [-0.39, 0.29) is 17.9 Å². The zero-order valence-corrected chi connectivity index (χ0v) is 15.5. The maximum absolute atomic E-state index is 12.7. The van der Waals surface area contributed by atoms with Gasteiger partial charge >= 0.3 is 0 Å². The van der Waals surface area contributed by atoms with E-state index in [2.05, 4.69) is 40.7 Å². The summed E-state index contributed by atoms with van der Waals surface area (Å²) in [5.41, 5.74) is 5.16. The van der Waals surface area contributed by atoms with Crippen LogP contribution in [0.2, 0.25) is 0 Å². The van der Waals surface area contributed by atoms with E-state index in [1.807, 2.05) is 6.92 Å². The average molecular weight is 351 g/mol. The van der Waals surface area contributed by atoms with Crippen molar-refractivity contribution in [1.29, 1.82) is 0 Å². The van der Waals surface area contributed by atoms with E-state index in [0.717, 1.165) is 30.8 Å². The number of hydrogen-bond acceptors (Lipinski definition) is 3. The lowest BCUT2D eigenvalue weighted by Crippen LogP contribution is -2.44. The van der Waals surface area contributed by atoms with Gasteiger partial charge in [-0.15, -0.1) is 0 Å². The van der Waals surface area contributed by atoms with Crippen molar-refractivity contribution in [3.05, 3.63) is 53.6 Å². The molecule has 0 saturated carbocycles. The lowest BCUT2D eigenvalue weighted by molar-refractivity contribution is -0.117. The SMILES string of the molecule is CC(=O)Nc1ccc(NC(=O)[C@@H](C)N2CCCc3cc(C)ccc32)cc1. The number of carbonyl (C=O) groups is 2. The molecule has 5 nitrogen and oxygen atoms in total. The van der Waals surface area contributed by atoms with Crippen LogP contribution in [-0.2, 0) is 16.0 Å². The second kappa shape index (κ2) is 7.60. The Labute approximate surface area is 154 Å². The number of rotatable bonds is 4. The predicted molar refractivity (Wildman–Crippen MR) is 106 cm³/mol. The molecule has 0 aromatic heterocycles. The van der Waals surface area contributed by atoms with E-state index in [9.17, 15) is 9.59 Å². The minimum Gasteiger partial charge on any atom is -0.360 e. The van der Waals surface area contributed by atoms with Gasteiger partial charge in [0.25, 0.3) is 0 Å². The van der Waals surface area contributed by atoms with E-state index in [4.69, 9.17) is 0 Å². The van der Waals surface area contributed by atoms with Crippen molar-refractivity contribution in [2.75, 3.05) is 22.1 Å². The Bertz CT molecular complexity index is 815. The number of aryl methyl sites for hydroxylation is 2. The van der Waals surface area contributed by atoms with Crippen LogP contribution in [0.4, 0.5) is 17.1 Å². The van der Waals surface area contributed by atoms with E-state index < -0.39 is 0 Å². The molecule has 3 rings (SSSR count). The van der Waals surface area contributed by atoms with Crippen LogP contribution in [0, 0.1) is 6.92 Å². The van der Waals surface area contributed by atoms with Gasteiger partial charge in [0.15, 0.2) is 0 Å². The fraction of sp³-hybridized carbons (Fsp3) is 0.333. The fourth-order valence-corrected chi connectivity index (χ4v) is 3.39. The summed E-state index contributed by atoms with van der Waals surface area (Å²) in [6, 6.07) is 13.3. The number of nitrogens with zero attached hydrogens (tertiary/aromatic N) is 1. The van der Waals surface area contributed by atoms with E-state index in [0.29, 0.717) is 5.69 Å². The number of amides is 2. The third kappa shape index (κ3) is 4.04. The van der Waals surface area contributed by atoms with Crippen molar-refractivity contribution >= 4 is 28.9 Å². The molecular weight excluding hydrogens is 326 g/mol. The fourth-order valence-electron chi connectivity index (χ4n) is 3.39. The van der Waals surface area contributed by atoms with Gasteiger partial charge in [-0.05, 0) is 62.6 Å². The molecule has 2 amide bonds. The summed E-state index contributed by atoms with van der Waals surface area (Å²) in [5.74, 6) is -0.153. The predicted octanol–water partition coefficient (Wildman–Crippen LogP) is 3.73. The van der Waals surface area contributed by atoms with Crippen LogP contribution < -0.4 is 15.5 Å². The number of carbonyl (C=O) groups excluding carboxylic acids is 2. The molecule has 0 fully saturated rings. The van der Waals surface area contributed by atoms with Crippen LogP contribution in [-0.4, -0.2) is 24.4 Å². The molecule has 0 bridgehead atoms. The van der Waals surface area contributed by atoms with Gasteiger partial charge in [-0.1, -0.05) is 17.7 Å².